The van der Waals surface area contributed by atoms with E-state index in [0.717, 1.165) is 12.2 Å². The summed E-state index contributed by atoms with van der Waals surface area (Å²) in [5, 5.41) is 0. The molecule has 0 aliphatic heterocycles. The number of hydrogen-bond acceptors (Lipinski definition) is 10. The van der Waals surface area contributed by atoms with Crippen molar-refractivity contribution in [2.24, 2.45) is 0 Å². The second-order valence-electron chi connectivity index (χ2n) is 9.17. The maximum atomic E-state index is 12.6. The summed E-state index contributed by atoms with van der Waals surface area (Å²) in [5.74, 6) is -0.575. The zero-order valence-corrected chi connectivity index (χ0v) is 25.4. The monoisotopic (exact) mass is 618 g/mol. The largest absolute Gasteiger partial charge is 0.494 e. The Hall–Kier alpha value is -5.38. The number of esters is 4. The van der Waals surface area contributed by atoms with Crippen LogP contribution < -0.4 is 14.2 Å². The molecule has 0 fully saturated rings. The first kappa shape index (κ1) is 35.8. The zero-order chi connectivity index (χ0) is 32.9. The van der Waals surface area contributed by atoms with E-state index in [-0.39, 0.29) is 23.7 Å². The molecule has 0 heterocycles. The van der Waals surface area contributed by atoms with Gasteiger partial charge in [-0.25, -0.2) is 19.2 Å². The molecule has 0 bridgehead atoms. The van der Waals surface area contributed by atoms with Crippen LogP contribution in [0.1, 0.15) is 43.0 Å². The second-order valence-corrected chi connectivity index (χ2v) is 9.17. The predicted octanol–water partition coefficient (Wildman–Crippen LogP) is 6.24. The number of carbonyl (C=O) groups is 4. The SMILES string of the molecule is C=CC(=O)OCCCCOC(=C)/C=C\C(=C/C)C(=O)Oc1ccc(OC(=O)c2ccc(OCCCCOC(=O)C=C)cc2)cc1. The molecule has 0 spiro atoms. The number of rotatable bonds is 20. The number of allylic oxidation sites excluding steroid dienone is 2. The molecule has 0 saturated heterocycles. The molecule has 0 amide bonds. The lowest BCUT2D eigenvalue weighted by Crippen LogP contribution is -2.10. The summed E-state index contributed by atoms with van der Waals surface area (Å²) in [6.45, 7) is 13.5. The molecule has 0 aliphatic carbocycles. The Morgan fingerprint density at radius 2 is 1.13 bits per heavy atom. The zero-order valence-electron chi connectivity index (χ0n) is 25.4. The first-order valence-electron chi connectivity index (χ1n) is 14.3. The van der Waals surface area contributed by atoms with Crippen LogP contribution in [0.4, 0.5) is 0 Å². The van der Waals surface area contributed by atoms with Gasteiger partial charge in [-0.2, -0.15) is 0 Å². The van der Waals surface area contributed by atoms with Crippen molar-refractivity contribution in [3.8, 4) is 17.2 Å². The average Bonchev–Trinajstić information content (AvgIpc) is 3.05. The Morgan fingerprint density at radius 3 is 1.67 bits per heavy atom. The van der Waals surface area contributed by atoms with E-state index < -0.39 is 23.9 Å². The average molecular weight is 619 g/mol. The molecule has 10 heteroatoms. The molecule has 0 unspecified atom stereocenters. The van der Waals surface area contributed by atoms with Gasteiger partial charge in [0.2, 0.25) is 0 Å². The summed E-state index contributed by atoms with van der Waals surface area (Å²) in [5.41, 5.74) is 0.617. The summed E-state index contributed by atoms with van der Waals surface area (Å²) in [6.07, 6.45) is 9.55. The number of hydrogen-bond donors (Lipinski definition) is 0. The van der Waals surface area contributed by atoms with Gasteiger partial charge in [0.15, 0.2) is 0 Å². The molecule has 2 rings (SSSR count). The standard InChI is InChI=1S/C35H38O10/c1-5-27(13-12-26(4)40-22-8-10-24-42-32(36)6-2)34(38)44-30-18-20-31(21-19-30)45-35(39)28-14-16-29(17-15-28)41-23-9-11-25-43-33(37)7-3/h5-7,12-21H,2-4,8-11,22-25H2,1H3/b13-12-,27-5+. The second kappa shape index (κ2) is 20.5. The van der Waals surface area contributed by atoms with E-state index in [9.17, 15) is 19.2 Å². The van der Waals surface area contributed by atoms with Crippen molar-refractivity contribution >= 4 is 23.9 Å². The molecule has 2 aromatic rings. The van der Waals surface area contributed by atoms with E-state index in [4.69, 9.17) is 28.4 Å². The predicted molar refractivity (Wildman–Crippen MR) is 168 cm³/mol. The van der Waals surface area contributed by atoms with Gasteiger partial charge in [-0.1, -0.05) is 25.8 Å². The third-order valence-corrected chi connectivity index (χ3v) is 5.79. The van der Waals surface area contributed by atoms with Gasteiger partial charge in [0.25, 0.3) is 0 Å². The van der Waals surface area contributed by atoms with Gasteiger partial charge in [-0.3, -0.25) is 0 Å². The fourth-order valence-corrected chi connectivity index (χ4v) is 3.37. The molecule has 0 atom stereocenters. The Bertz CT molecular complexity index is 1370. The van der Waals surface area contributed by atoms with Crippen LogP contribution in [-0.2, 0) is 28.6 Å². The Labute approximate surface area is 263 Å². The van der Waals surface area contributed by atoms with E-state index in [1.807, 2.05) is 0 Å². The van der Waals surface area contributed by atoms with Gasteiger partial charge in [0, 0.05) is 12.2 Å². The normalized spacial score (nSPS) is 10.8. The lowest BCUT2D eigenvalue weighted by atomic mass is 10.2. The van der Waals surface area contributed by atoms with Crippen LogP contribution in [0.2, 0.25) is 0 Å². The molecule has 2 aromatic carbocycles. The molecule has 0 saturated carbocycles. The van der Waals surface area contributed by atoms with Crippen LogP contribution in [0.25, 0.3) is 0 Å². The highest BCUT2D eigenvalue weighted by atomic mass is 16.5. The van der Waals surface area contributed by atoms with E-state index in [1.54, 1.807) is 43.3 Å². The van der Waals surface area contributed by atoms with E-state index in [0.29, 0.717) is 62.6 Å². The molecule has 0 N–H and O–H groups in total. The number of carbonyl (C=O) groups excluding carboxylic acids is 4. The number of ether oxygens (including phenoxy) is 6. The maximum absolute atomic E-state index is 12.6. The van der Waals surface area contributed by atoms with Crippen molar-refractivity contribution in [3.05, 3.63) is 116 Å². The summed E-state index contributed by atoms with van der Waals surface area (Å²) in [6, 6.07) is 12.6. The van der Waals surface area contributed by atoms with Crippen LogP contribution in [0.5, 0.6) is 17.2 Å². The molecule has 0 radical (unpaired) electrons. The van der Waals surface area contributed by atoms with Crippen LogP contribution in [-0.4, -0.2) is 50.3 Å². The highest BCUT2D eigenvalue weighted by Crippen LogP contribution is 2.21. The van der Waals surface area contributed by atoms with Gasteiger partial charge in [0.05, 0.1) is 37.6 Å². The quantitative estimate of drug-likeness (QED) is 0.0421. The van der Waals surface area contributed by atoms with Gasteiger partial charge >= 0.3 is 23.9 Å². The number of benzene rings is 2. The summed E-state index contributed by atoms with van der Waals surface area (Å²) >= 11 is 0. The third kappa shape index (κ3) is 14.6. The third-order valence-electron chi connectivity index (χ3n) is 5.79. The minimum atomic E-state index is -0.589. The van der Waals surface area contributed by atoms with E-state index >= 15 is 0 Å². The highest BCUT2D eigenvalue weighted by Gasteiger charge is 2.12. The summed E-state index contributed by atoms with van der Waals surface area (Å²) in [4.78, 5) is 47.2. The van der Waals surface area contributed by atoms with Crippen LogP contribution in [0, 0.1) is 0 Å². The van der Waals surface area contributed by atoms with Crippen LogP contribution >= 0.6 is 0 Å². The molecule has 238 valence electrons. The maximum Gasteiger partial charge on any atom is 0.343 e. The first-order valence-corrected chi connectivity index (χ1v) is 14.3. The van der Waals surface area contributed by atoms with Gasteiger partial charge in [-0.05, 0) is 93.3 Å². The molecule has 45 heavy (non-hydrogen) atoms. The Kier molecular flexibility index (Phi) is 16.3. The van der Waals surface area contributed by atoms with Gasteiger partial charge < -0.3 is 28.4 Å². The van der Waals surface area contributed by atoms with E-state index in [1.165, 1.54) is 30.3 Å². The Morgan fingerprint density at radius 1 is 0.644 bits per heavy atom. The van der Waals surface area contributed by atoms with Gasteiger partial charge in [-0.15, -0.1) is 0 Å². The van der Waals surface area contributed by atoms with Crippen molar-refractivity contribution in [2.45, 2.75) is 32.6 Å². The summed E-state index contributed by atoms with van der Waals surface area (Å²) in [7, 11) is 0. The Balaban J connectivity index is 1.74. The summed E-state index contributed by atoms with van der Waals surface area (Å²) < 4.78 is 31.8. The minimum Gasteiger partial charge on any atom is -0.494 e. The van der Waals surface area contributed by atoms with Crippen LogP contribution in [0.15, 0.2) is 110 Å². The highest BCUT2D eigenvalue weighted by molar-refractivity contribution is 5.93. The van der Waals surface area contributed by atoms with Crippen molar-refractivity contribution in [1.29, 1.82) is 0 Å². The van der Waals surface area contributed by atoms with Crippen molar-refractivity contribution in [3.63, 3.8) is 0 Å². The molecule has 10 nitrogen and oxygen atoms in total. The van der Waals surface area contributed by atoms with Crippen molar-refractivity contribution in [2.75, 3.05) is 26.4 Å². The fraction of sp³-hybridized carbons (Fsp3) is 0.257. The smallest absolute Gasteiger partial charge is 0.343 e. The first-order chi connectivity index (χ1) is 21.7. The molecular formula is C35H38O10. The van der Waals surface area contributed by atoms with Crippen LogP contribution in [0.3, 0.4) is 0 Å². The molecular weight excluding hydrogens is 580 g/mol. The molecule has 0 aliphatic rings. The minimum absolute atomic E-state index is 0.264. The van der Waals surface area contributed by atoms with Crippen molar-refractivity contribution < 1.29 is 47.6 Å². The van der Waals surface area contributed by atoms with Crippen molar-refractivity contribution in [1.82, 2.24) is 0 Å². The fourth-order valence-electron chi connectivity index (χ4n) is 3.37. The lowest BCUT2D eigenvalue weighted by Gasteiger charge is -2.09. The van der Waals surface area contributed by atoms with Gasteiger partial charge in [0.1, 0.15) is 23.0 Å². The topological polar surface area (TPSA) is 124 Å². The number of unbranched alkanes of at least 4 members (excludes halogenated alkanes) is 2. The lowest BCUT2D eigenvalue weighted by molar-refractivity contribution is -0.138. The van der Waals surface area contributed by atoms with E-state index in [2.05, 4.69) is 19.7 Å². The molecule has 0 aromatic heterocycles.